The molecule has 110 valence electrons. The van der Waals surface area contributed by atoms with Gasteiger partial charge in [-0.15, -0.1) is 5.10 Å². The van der Waals surface area contributed by atoms with Crippen LogP contribution in [0.1, 0.15) is 6.42 Å². The molecule has 0 radical (unpaired) electrons. The van der Waals surface area contributed by atoms with Gasteiger partial charge in [-0.3, -0.25) is 13.8 Å². The molecule has 0 aliphatic heterocycles. The van der Waals surface area contributed by atoms with Gasteiger partial charge in [0.05, 0.1) is 10.9 Å². The molecule has 3 aromatic rings. The van der Waals surface area contributed by atoms with Crippen LogP contribution in [0.3, 0.4) is 0 Å². The zero-order valence-electron chi connectivity index (χ0n) is 10.5. The van der Waals surface area contributed by atoms with E-state index in [-0.39, 0.29) is 28.0 Å². The van der Waals surface area contributed by atoms with Gasteiger partial charge in [-0.1, -0.05) is 6.07 Å². The fraction of sp³-hybridized carbons (Fsp3) is 0.250. The molecule has 0 bridgehead atoms. The second-order valence-corrected chi connectivity index (χ2v) is 4.82. The van der Waals surface area contributed by atoms with Crippen molar-refractivity contribution in [2.45, 2.75) is 19.4 Å². The summed E-state index contributed by atoms with van der Waals surface area (Å²) in [6, 6.07) is 4.00. The highest BCUT2D eigenvalue weighted by atomic mass is 32.1. The molecule has 0 saturated carbocycles. The smallest absolute Gasteiger partial charge is 0.262 e. The first-order chi connectivity index (χ1) is 10.0. The van der Waals surface area contributed by atoms with Crippen LogP contribution in [-0.4, -0.2) is 25.6 Å². The van der Waals surface area contributed by atoms with E-state index in [1.807, 2.05) is 0 Å². The van der Waals surface area contributed by atoms with Crippen LogP contribution in [0.15, 0.2) is 23.0 Å². The van der Waals surface area contributed by atoms with E-state index in [0.717, 1.165) is 4.57 Å². The number of nitrogens with one attached hydrogen (secondary N) is 1. The number of para-hydroxylation sites is 1. The third-order valence-corrected chi connectivity index (χ3v) is 3.43. The lowest BCUT2D eigenvalue weighted by Gasteiger charge is -2.10. The van der Waals surface area contributed by atoms with Gasteiger partial charge < -0.3 is 0 Å². The Kier molecular flexibility index (Phi) is 3.28. The van der Waals surface area contributed by atoms with E-state index in [1.165, 1.54) is 22.6 Å². The number of hydrogen-bond acceptors (Lipinski definition) is 3. The summed E-state index contributed by atoms with van der Waals surface area (Å²) < 4.78 is 41.2. The van der Waals surface area contributed by atoms with E-state index in [0.29, 0.717) is 0 Å². The molecule has 5 nitrogen and oxygen atoms in total. The van der Waals surface area contributed by atoms with Crippen LogP contribution in [0.4, 0.5) is 13.2 Å². The topological polar surface area (TPSA) is 55.1 Å². The third-order valence-electron chi connectivity index (χ3n) is 3.15. The second kappa shape index (κ2) is 4.99. The van der Waals surface area contributed by atoms with E-state index < -0.39 is 24.2 Å². The summed E-state index contributed by atoms with van der Waals surface area (Å²) in [6.45, 7) is -0.230. The van der Waals surface area contributed by atoms with Gasteiger partial charge in [0.15, 0.2) is 0 Å². The maximum absolute atomic E-state index is 14.0. The maximum atomic E-state index is 14.0. The third kappa shape index (κ3) is 2.13. The molecule has 0 aliphatic carbocycles. The van der Waals surface area contributed by atoms with E-state index in [2.05, 4.69) is 10.2 Å². The second-order valence-electron chi connectivity index (χ2n) is 4.44. The zero-order valence-corrected chi connectivity index (χ0v) is 11.3. The number of fused-ring (bicyclic) bond motifs is 3. The first-order valence-corrected chi connectivity index (χ1v) is 6.48. The van der Waals surface area contributed by atoms with Crippen molar-refractivity contribution in [3.8, 4) is 0 Å². The normalized spacial score (nSPS) is 11.8. The standard InChI is InChI=1S/C12H9F3N4OS/c13-7-3-1-2-6-9(7)19-11(16-17-12(19)21)18(10(6)20)5-4-8(14)15/h1-3,8H,4-5H2,(H,17,21). The Morgan fingerprint density at radius 3 is 2.86 bits per heavy atom. The molecule has 0 unspecified atom stereocenters. The van der Waals surface area contributed by atoms with Crippen LogP contribution in [-0.2, 0) is 6.54 Å². The number of rotatable bonds is 3. The maximum Gasteiger partial charge on any atom is 0.262 e. The summed E-state index contributed by atoms with van der Waals surface area (Å²) in [5, 5.41) is 6.36. The lowest BCUT2D eigenvalue weighted by Crippen LogP contribution is -2.24. The number of halogens is 3. The summed E-state index contributed by atoms with van der Waals surface area (Å²) >= 11 is 5.03. The number of aromatic amines is 1. The molecule has 0 saturated heterocycles. The molecule has 1 aromatic carbocycles. The first kappa shape index (κ1) is 13.8. The van der Waals surface area contributed by atoms with Crippen LogP contribution in [0.5, 0.6) is 0 Å². The van der Waals surface area contributed by atoms with Crippen molar-refractivity contribution >= 4 is 28.9 Å². The van der Waals surface area contributed by atoms with Crippen molar-refractivity contribution < 1.29 is 13.2 Å². The van der Waals surface area contributed by atoms with Crippen LogP contribution >= 0.6 is 12.2 Å². The highest BCUT2D eigenvalue weighted by Gasteiger charge is 2.16. The van der Waals surface area contributed by atoms with Crippen molar-refractivity contribution in [2.24, 2.45) is 0 Å². The first-order valence-electron chi connectivity index (χ1n) is 6.07. The van der Waals surface area contributed by atoms with Crippen LogP contribution in [0.25, 0.3) is 16.7 Å². The van der Waals surface area contributed by atoms with Crippen LogP contribution in [0, 0.1) is 10.6 Å². The van der Waals surface area contributed by atoms with Gasteiger partial charge in [0.25, 0.3) is 5.56 Å². The summed E-state index contributed by atoms with van der Waals surface area (Å²) in [5.41, 5.74) is -0.587. The monoisotopic (exact) mass is 314 g/mol. The predicted octanol–water partition coefficient (Wildman–Crippen LogP) is 2.50. The van der Waals surface area contributed by atoms with Crippen molar-refractivity contribution in [3.05, 3.63) is 39.1 Å². The van der Waals surface area contributed by atoms with Gasteiger partial charge in [0.2, 0.25) is 17.0 Å². The van der Waals surface area contributed by atoms with E-state index in [4.69, 9.17) is 12.2 Å². The molecule has 3 rings (SSSR count). The Hall–Kier alpha value is -2.16. The molecule has 0 amide bonds. The van der Waals surface area contributed by atoms with Gasteiger partial charge in [-0.25, -0.2) is 18.3 Å². The minimum absolute atomic E-state index is 0.00968. The molecule has 2 aromatic heterocycles. The van der Waals surface area contributed by atoms with Crippen molar-refractivity contribution in [3.63, 3.8) is 0 Å². The van der Waals surface area contributed by atoms with Gasteiger partial charge >= 0.3 is 0 Å². The average molecular weight is 314 g/mol. The number of hydrogen-bond donors (Lipinski definition) is 1. The molecule has 1 N–H and O–H groups in total. The number of H-pyrrole nitrogens is 1. The van der Waals surface area contributed by atoms with Crippen molar-refractivity contribution in [1.82, 2.24) is 19.2 Å². The quantitative estimate of drug-likeness (QED) is 0.756. The molecule has 2 heterocycles. The highest BCUT2D eigenvalue weighted by molar-refractivity contribution is 7.71. The molecule has 0 spiro atoms. The number of aryl methyl sites for hydroxylation is 1. The van der Waals surface area contributed by atoms with Gasteiger partial charge in [0.1, 0.15) is 5.82 Å². The minimum atomic E-state index is -2.55. The van der Waals surface area contributed by atoms with Crippen LogP contribution in [0.2, 0.25) is 0 Å². The Morgan fingerprint density at radius 2 is 2.14 bits per heavy atom. The molecule has 9 heteroatoms. The fourth-order valence-electron chi connectivity index (χ4n) is 2.25. The summed E-state index contributed by atoms with van der Waals surface area (Å²) in [4.78, 5) is 12.4. The van der Waals surface area contributed by atoms with Gasteiger partial charge in [0, 0.05) is 13.0 Å². The van der Waals surface area contributed by atoms with E-state index in [1.54, 1.807) is 0 Å². The molecule has 0 fully saturated rings. The van der Waals surface area contributed by atoms with E-state index >= 15 is 0 Å². The summed E-state index contributed by atoms with van der Waals surface area (Å²) in [5.74, 6) is -0.614. The SMILES string of the molecule is O=c1c2cccc(F)c2n2c(=S)[nH]nc2n1CCC(F)F. The zero-order chi connectivity index (χ0) is 15.1. The van der Waals surface area contributed by atoms with E-state index in [9.17, 15) is 18.0 Å². The van der Waals surface area contributed by atoms with Crippen LogP contribution < -0.4 is 5.56 Å². The Bertz CT molecular complexity index is 943. The molecular formula is C12H9F3N4OS. The number of benzene rings is 1. The average Bonchev–Trinajstić information content (AvgIpc) is 2.80. The molecular weight excluding hydrogens is 305 g/mol. The molecule has 0 atom stereocenters. The summed E-state index contributed by atoms with van der Waals surface area (Å²) in [6.07, 6.45) is -3.06. The number of nitrogens with zero attached hydrogens (tertiary/aromatic N) is 3. The van der Waals surface area contributed by atoms with Crippen molar-refractivity contribution in [2.75, 3.05) is 0 Å². The van der Waals surface area contributed by atoms with Gasteiger partial charge in [-0.05, 0) is 24.4 Å². The number of aromatic nitrogens is 4. The lowest BCUT2D eigenvalue weighted by molar-refractivity contribution is 0.131. The number of alkyl halides is 2. The van der Waals surface area contributed by atoms with Crippen molar-refractivity contribution in [1.29, 1.82) is 0 Å². The minimum Gasteiger partial charge on any atom is -0.276 e. The largest absolute Gasteiger partial charge is 0.276 e. The summed E-state index contributed by atoms with van der Waals surface area (Å²) in [7, 11) is 0. The Labute approximate surface area is 120 Å². The fourth-order valence-corrected chi connectivity index (χ4v) is 2.47. The predicted molar refractivity (Wildman–Crippen MR) is 72.7 cm³/mol. The lowest BCUT2D eigenvalue weighted by atomic mass is 10.2. The Balaban J connectivity index is 2.45. The molecule has 0 aliphatic rings. The molecule has 21 heavy (non-hydrogen) atoms. The Morgan fingerprint density at radius 1 is 1.38 bits per heavy atom. The highest BCUT2D eigenvalue weighted by Crippen LogP contribution is 2.17. The van der Waals surface area contributed by atoms with Gasteiger partial charge in [-0.2, -0.15) is 0 Å².